The van der Waals surface area contributed by atoms with E-state index in [-0.39, 0.29) is 0 Å². The Kier molecular flexibility index (Phi) is 5.10. The van der Waals surface area contributed by atoms with Crippen molar-refractivity contribution in [3.8, 4) is 0 Å². The lowest BCUT2D eigenvalue weighted by Crippen LogP contribution is -2.46. The van der Waals surface area contributed by atoms with E-state index in [1.165, 1.54) is 52.8 Å². The summed E-state index contributed by atoms with van der Waals surface area (Å²) in [5.74, 6) is 1.17. The molecule has 0 atom stereocenters. The molecule has 1 aromatic carbocycles. The SMILES string of the molecule is C(=C/c1ccccc1)/CN1CCN(c2ncnc3sc4c(c23)CCCC4)CC1. The van der Waals surface area contributed by atoms with Gasteiger partial charge in [0.2, 0.25) is 0 Å². The van der Waals surface area contributed by atoms with E-state index in [0.29, 0.717) is 0 Å². The zero-order valence-corrected chi connectivity index (χ0v) is 17.0. The van der Waals surface area contributed by atoms with E-state index in [2.05, 4.69) is 57.3 Å². The first-order valence-electron chi connectivity index (χ1n) is 10.3. The van der Waals surface area contributed by atoms with Crippen LogP contribution in [0.1, 0.15) is 28.8 Å². The van der Waals surface area contributed by atoms with Gasteiger partial charge in [0, 0.05) is 37.6 Å². The number of anilines is 1. The molecule has 28 heavy (non-hydrogen) atoms. The smallest absolute Gasteiger partial charge is 0.141 e. The molecule has 0 saturated carbocycles. The van der Waals surface area contributed by atoms with Crippen molar-refractivity contribution >= 4 is 33.4 Å². The fourth-order valence-electron chi connectivity index (χ4n) is 4.36. The molecule has 3 heterocycles. The van der Waals surface area contributed by atoms with Crippen LogP contribution < -0.4 is 4.90 Å². The molecule has 0 unspecified atom stereocenters. The Morgan fingerprint density at radius 2 is 1.79 bits per heavy atom. The molecule has 0 amide bonds. The highest BCUT2D eigenvalue weighted by Gasteiger charge is 2.24. The van der Waals surface area contributed by atoms with Crippen LogP contribution >= 0.6 is 11.3 Å². The van der Waals surface area contributed by atoms with Gasteiger partial charge in [0.05, 0.1) is 5.39 Å². The second-order valence-electron chi connectivity index (χ2n) is 7.69. The molecular weight excluding hydrogens is 364 g/mol. The molecule has 2 aromatic heterocycles. The second kappa shape index (κ2) is 8.02. The summed E-state index contributed by atoms with van der Waals surface area (Å²) in [6.45, 7) is 5.25. The van der Waals surface area contributed by atoms with Crippen molar-refractivity contribution in [2.75, 3.05) is 37.6 Å². The van der Waals surface area contributed by atoms with E-state index < -0.39 is 0 Å². The maximum atomic E-state index is 4.73. The summed E-state index contributed by atoms with van der Waals surface area (Å²) in [4.78, 5) is 17.0. The average molecular weight is 391 g/mol. The van der Waals surface area contributed by atoms with Crippen molar-refractivity contribution in [2.45, 2.75) is 25.7 Å². The van der Waals surface area contributed by atoms with E-state index in [1.807, 2.05) is 11.3 Å². The molecule has 5 rings (SSSR count). The number of rotatable bonds is 4. The highest BCUT2D eigenvalue weighted by Crippen LogP contribution is 2.39. The third-order valence-corrected chi connectivity index (χ3v) is 7.08. The van der Waals surface area contributed by atoms with Crippen LogP contribution in [0.15, 0.2) is 42.7 Å². The predicted octanol–water partition coefficient (Wildman–Crippen LogP) is 4.41. The van der Waals surface area contributed by atoms with Gasteiger partial charge in [-0.2, -0.15) is 0 Å². The Morgan fingerprint density at radius 1 is 0.964 bits per heavy atom. The summed E-state index contributed by atoms with van der Waals surface area (Å²) in [7, 11) is 0. The van der Waals surface area contributed by atoms with Gasteiger partial charge in [-0.25, -0.2) is 9.97 Å². The van der Waals surface area contributed by atoms with Crippen molar-refractivity contribution in [3.63, 3.8) is 0 Å². The molecule has 0 bridgehead atoms. The molecule has 3 aromatic rings. The molecule has 0 N–H and O–H groups in total. The minimum atomic E-state index is 1.01. The van der Waals surface area contributed by atoms with Crippen LogP contribution in [0.25, 0.3) is 16.3 Å². The van der Waals surface area contributed by atoms with E-state index in [0.717, 1.165) is 32.7 Å². The van der Waals surface area contributed by atoms with Crippen LogP contribution in [-0.2, 0) is 12.8 Å². The maximum Gasteiger partial charge on any atom is 0.141 e. The van der Waals surface area contributed by atoms with Crippen LogP contribution in [0.5, 0.6) is 0 Å². The number of aromatic nitrogens is 2. The fourth-order valence-corrected chi connectivity index (χ4v) is 5.58. The lowest BCUT2D eigenvalue weighted by Gasteiger charge is -2.35. The van der Waals surface area contributed by atoms with E-state index in [9.17, 15) is 0 Å². The minimum absolute atomic E-state index is 1.01. The van der Waals surface area contributed by atoms with Gasteiger partial charge in [0.15, 0.2) is 0 Å². The van der Waals surface area contributed by atoms with E-state index in [4.69, 9.17) is 4.98 Å². The molecule has 144 valence electrons. The first kappa shape index (κ1) is 17.8. The average Bonchev–Trinajstić information content (AvgIpc) is 3.14. The van der Waals surface area contributed by atoms with Gasteiger partial charge in [0.1, 0.15) is 17.0 Å². The zero-order chi connectivity index (χ0) is 18.8. The largest absolute Gasteiger partial charge is 0.353 e. The van der Waals surface area contributed by atoms with Gasteiger partial charge < -0.3 is 4.90 Å². The summed E-state index contributed by atoms with van der Waals surface area (Å²) < 4.78 is 0. The summed E-state index contributed by atoms with van der Waals surface area (Å²) in [6.07, 6.45) is 11.3. The Balaban J connectivity index is 1.27. The molecule has 5 heteroatoms. The quantitative estimate of drug-likeness (QED) is 0.661. The van der Waals surface area contributed by atoms with Crippen LogP contribution in [0.2, 0.25) is 0 Å². The van der Waals surface area contributed by atoms with Gasteiger partial charge in [-0.15, -0.1) is 11.3 Å². The third-order valence-electron chi connectivity index (χ3n) is 5.88. The number of benzene rings is 1. The predicted molar refractivity (Wildman–Crippen MR) is 118 cm³/mol. The minimum Gasteiger partial charge on any atom is -0.353 e. The molecule has 1 fully saturated rings. The zero-order valence-electron chi connectivity index (χ0n) is 16.2. The van der Waals surface area contributed by atoms with Crippen molar-refractivity contribution in [1.82, 2.24) is 14.9 Å². The monoisotopic (exact) mass is 390 g/mol. The van der Waals surface area contributed by atoms with Crippen molar-refractivity contribution < 1.29 is 0 Å². The molecule has 0 spiro atoms. The fraction of sp³-hybridized carbons (Fsp3) is 0.391. The van der Waals surface area contributed by atoms with Gasteiger partial charge in [0.25, 0.3) is 0 Å². The number of hydrogen-bond acceptors (Lipinski definition) is 5. The molecule has 2 aliphatic rings. The molecule has 4 nitrogen and oxygen atoms in total. The van der Waals surface area contributed by atoms with Crippen molar-refractivity contribution in [3.05, 3.63) is 58.7 Å². The summed E-state index contributed by atoms with van der Waals surface area (Å²) in [5.41, 5.74) is 2.81. The van der Waals surface area contributed by atoms with E-state index >= 15 is 0 Å². The number of aryl methyl sites for hydroxylation is 2. The number of fused-ring (bicyclic) bond motifs is 3. The molecule has 0 radical (unpaired) electrons. The van der Waals surface area contributed by atoms with Crippen LogP contribution in [0.4, 0.5) is 5.82 Å². The summed E-state index contributed by atoms with van der Waals surface area (Å²) in [6, 6.07) is 10.5. The Bertz CT molecular complexity index is 971. The molecule has 1 aliphatic heterocycles. The van der Waals surface area contributed by atoms with Crippen molar-refractivity contribution in [1.29, 1.82) is 0 Å². The molecular formula is C23H26N4S. The van der Waals surface area contributed by atoms with Crippen LogP contribution in [-0.4, -0.2) is 47.6 Å². The first-order valence-corrected chi connectivity index (χ1v) is 11.1. The van der Waals surface area contributed by atoms with E-state index in [1.54, 1.807) is 11.2 Å². The Hall–Kier alpha value is -2.24. The number of piperazine rings is 1. The Labute approximate surface area is 170 Å². The molecule has 1 saturated heterocycles. The van der Waals surface area contributed by atoms with Gasteiger partial charge in [-0.3, -0.25) is 4.90 Å². The number of hydrogen-bond donors (Lipinski definition) is 0. The number of nitrogens with zero attached hydrogens (tertiary/aromatic N) is 4. The normalized spacial score (nSPS) is 18.1. The Morgan fingerprint density at radius 3 is 2.64 bits per heavy atom. The first-order chi connectivity index (χ1) is 13.9. The second-order valence-corrected chi connectivity index (χ2v) is 8.77. The van der Waals surface area contributed by atoms with Gasteiger partial charge in [-0.05, 0) is 36.8 Å². The maximum absolute atomic E-state index is 4.73. The standard InChI is InChI=1S/C23H26N4S/c1-2-7-18(8-3-1)9-6-12-26-13-15-27(16-14-26)22-21-19-10-4-5-11-20(19)28-23(21)25-17-24-22/h1-3,6-9,17H,4-5,10-16H2/b9-6-. The van der Waals surface area contributed by atoms with Crippen LogP contribution in [0.3, 0.4) is 0 Å². The highest BCUT2D eigenvalue weighted by atomic mass is 32.1. The lowest BCUT2D eigenvalue weighted by atomic mass is 9.97. The third kappa shape index (κ3) is 3.56. The van der Waals surface area contributed by atoms with Gasteiger partial charge in [-0.1, -0.05) is 42.5 Å². The summed E-state index contributed by atoms with van der Waals surface area (Å²) in [5, 5.41) is 1.35. The van der Waals surface area contributed by atoms with Crippen molar-refractivity contribution in [2.24, 2.45) is 0 Å². The lowest BCUT2D eigenvalue weighted by molar-refractivity contribution is 0.284. The summed E-state index contributed by atoms with van der Waals surface area (Å²) >= 11 is 1.89. The number of thiophene rings is 1. The van der Waals surface area contributed by atoms with Gasteiger partial charge >= 0.3 is 0 Å². The topological polar surface area (TPSA) is 32.3 Å². The van der Waals surface area contributed by atoms with Crippen LogP contribution in [0, 0.1) is 0 Å². The molecule has 1 aliphatic carbocycles. The highest BCUT2D eigenvalue weighted by molar-refractivity contribution is 7.19.